The van der Waals surface area contributed by atoms with Crippen LogP contribution in [-0.2, 0) is 10.8 Å². The van der Waals surface area contributed by atoms with Gasteiger partial charge in [-0.1, -0.05) is 267 Å². The molecule has 0 saturated carbocycles. The van der Waals surface area contributed by atoms with Gasteiger partial charge in [-0.05, 0) is 56.6 Å². The topological polar surface area (TPSA) is 43.6 Å². The van der Waals surface area contributed by atoms with Crippen LogP contribution in [0.2, 0.25) is 0 Å². The van der Waals surface area contributed by atoms with E-state index in [1.807, 2.05) is 0 Å². The molecule has 0 radical (unpaired) electrons. The molecule has 0 aliphatic rings. The maximum atomic E-state index is 5.35. The molecule has 0 N–H and O–H groups in total. The lowest BCUT2D eigenvalue weighted by atomic mass is 9.65. The van der Waals surface area contributed by atoms with E-state index in [1.165, 1.54) is 33.4 Å². The molecule has 0 saturated heterocycles. The number of hydrogen-bond donors (Lipinski definition) is 0. The van der Waals surface area contributed by atoms with Crippen molar-refractivity contribution in [2.45, 2.75) is 10.8 Å². The van der Waals surface area contributed by atoms with Gasteiger partial charge >= 0.3 is 0 Å². The van der Waals surface area contributed by atoms with Crippen LogP contribution in [0.15, 0.2) is 279 Å². The molecule has 12 aromatic rings. The van der Waals surface area contributed by atoms with E-state index in [0.717, 1.165) is 44.1 Å². The van der Waals surface area contributed by atoms with E-state index < -0.39 is 10.8 Å². The van der Waals surface area contributed by atoms with Gasteiger partial charge in [0.15, 0.2) is 11.6 Å². The SMILES string of the molecule is c1ccc(C(c2ccccc2)(c2ccccc2)c2ccc(-c3nc(-c4ccc(C(c5ccccc5)(c5ccccc5)c5ccccc5)cc4)nc(-n4c5ccccc5c5ccccc54)n3)cc2)cc1. The number of rotatable bonds is 11. The number of para-hydroxylation sites is 2. The third kappa shape index (κ3) is 7.04. The van der Waals surface area contributed by atoms with Crippen LogP contribution in [0, 0.1) is 0 Å². The van der Waals surface area contributed by atoms with Gasteiger partial charge in [-0.15, -0.1) is 0 Å². The van der Waals surface area contributed by atoms with E-state index in [1.54, 1.807) is 0 Å². The Bertz CT molecular complexity index is 3230. The Hall–Kier alpha value is -8.99. The second kappa shape index (κ2) is 17.7. The fraction of sp³-hybridized carbons (Fsp3) is 0.0308. The predicted molar refractivity (Wildman–Crippen MR) is 282 cm³/mol. The van der Waals surface area contributed by atoms with Crippen molar-refractivity contribution in [3.63, 3.8) is 0 Å². The Balaban J connectivity index is 1.05. The largest absolute Gasteiger partial charge is 0.278 e. The lowest BCUT2D eigenvalue weighted by Gasteiger charge is -2.37. The Morgan fingerprint density at radius 2 is 0.478 bits per heavy atom. The molecule has 0 aliphatic heterocycles. The summed E-state index contributed by atoms with van der Waals surface area (Å²) in [4.78, 5) is 16.1. The quantitative estimate of drug-likeness (QED) is 0.122. The summed E-state index contributed by atoms with van der Waals surface area (Å²) in [5.74, 6) is 1.73. The summed E-state index contributed by atoms with van der Waals surface area (Å²) in [6, 6.07) is 99.5. The molecule has 12 rings (SSSR count). The maximum absolute atomic E-state index is 5.35. The summed E-state index contributed by atoms with van der Waals surface area (Å²) in [5.41, 5.74) is 12.1. The molecular formula is C65H46N4. The smallest absolute Gasteiger partial charge is 0.238 e. The van der Waals surface area contributed by atoms with Gasteiger partial charge in [0.2, 0.25) is 5.95 Å². The first-order valence-electron chi connectivity index (χ1n) is 23.5. The zero-order chi connectivity index (χ0) is 46.0. The first-order chi connectivity index (χ1) is 34.2. The highest BCUT2D eigenvalue weighted by Crippen LogP contribution is 2.47. The van der Waals surface area contributed by atoms with Crippen molar-refractivity contribution < 1.29 is 0 Å². The minimum atomic E-state index is -0.586. The van der Waals surface area contributed by atoms with Crippen molar-refractivity contribution in [3.8, 4) is 28.7 Å². The van der Waals surface area contributed by atoms with E-state index in [4.69, 9.17) is 15.0 Å². The van der Waals surface area contributed by atoms with E-state index >= 15 is 0 Å². The van der Waals surface area contributed by atoms with Crippen molar-refractivity contribution in [2.75, 3.05) is 0 Å². The monoisotopic (exact) mass is 882 g/mol. The van der Waals surface area contributed by atoms with Crippen LogP contribution in [0.3, 0.4) is 0 Å². The number of fused-ring (bicyclic) bond motifs is 3. The molecule has 326 valence electrons. The second-order valence-corrected chi connectivity index (χ2v) is 17.5. The van der Waals surface area contributed by atoms with Gasteiger partial charge in [-0.25, -0.2) is 4.98 Å². The summed E-state index contributed by atoms with van der Waals surface area (Å²) in [7, 11) is 0. The van der Waals surface area contributed by atoms with Crippen LogP contribution in [0.4, 0.5) is 0 Å². The van der Waals surface area contributed by atoms with E-state index in [0.29, 0.717) is 17.6 Å². The highest BCUT2D eigenvalue weighted by molar-refractivity contribution is 6.09. The fourth-order valence-corrected chi connectivity index (χ4v) is 10.7. The summed E-state index contributed by atoms with van der Waals surface area (Å²) in [6.45, 7) is 0. The fourth-order valence-electron chi connectivity index (χ4n) is 10.7. The molecule has 0 fully saturated rings. The van der Waals surface area contributed by atoms with Gasteiger partial charge in [0.25, 0.3) is 0 Å². The molecule has 4 heteroatoms. The summed E-state index contributed by atoms with van der Waals surface area (Å²) >= 11 is 0. The lowest BCUT2D eigenvalue weighted by Crippen LogP contribution is -2.30. The van der Waals surface area contributed by atoms with E-state index in [9.17, 15) is 0 Å². The van der Waals surface area contributed by atoms with Crippen LogP contribution >= 0.6 is 0 Å². The lowest BCUT2D eigenvalue weighted by molar-refractivity contribution is 0.745. The standard InChI is InChI=1S/C65H46N4/c1-7-23-49(24-8-1)64(50-25-9-2-10-26-50,51-27-11-3-12-28-51)55-43-39-47(40-44-55)61-66-62(68-63(67-61)69-59-37-21-19-35-57(59)58-36-20-22-38-60(58)69)48-41-45-56(46-42-48)65(52-29-13-4-14-30-52,53-31-15-5-16-32-53)54-33-17-6-18-34-54/h1-46H. The van der Waals surface area contributed by atoms with Gasteiger partial charge in [0, 0.05) is 21.9 Å². The minimum absolute atomic E-state index is 0.556. The molecule has 2 heterocycles. The molecule has 0 aliphatic carbocycles. The maximum Gasteiger partial charge on any atom is 0.238 e. The van der Waals surface area contributed by atoms with Crippen molar-refractivity contribution >= 4 is 21.8 Å². The van der Waals surface area contributed by atoms with Crippen LogP contribution in [0.1, 0.15) is 44.5 Å². The Kier molecular flexibility index (Phi) is 10.6. The van der Waals surface area contributed by atoms with Crippen molar-refractivity contribution in [3.05, 3.63) is 324 Å². The molecule has 0 bridgehead atoms. The molecule has 0 amide bonds. The summed E-state index contributed by atoms with van der Waals surface area (Å²) < 4.78 is 2.18. The van der Waals surface area contributed by atoms with Crippen molar-refractivity contribution in [1.82, 2.24) is 19.5 Å². The van der Waals surface area contributed by atoms with Crippen LogP contribution in [0.5, 0.6) is 0 Å². The molecule has 69 heavy (non-hydrogen) atoms. The highest BCUT2D eigenvalue weighted by Gasteiger charge is 2.39. The predicted octanol–water partition coefficient (Wildman–Crippen LogP) is 15.1. The van der Waals surface area contributed by atoms with Crippen LogP contribution in [0.25, 0.3) is 50.5 Å². The molecule has 0 spiro atoms. The van der Waals surface area contributed by atoms with Gasteiger partial charge in [-0.2, -0.15) is 9.97 Å². The first kappa shape index (κ1) is 41.4. The van der Waals surface area contributed by atoms with E-state index in [2.05, 4.69) is 284 Å². The van der Waals surface area contributed by atoms with Gasteiger partial charge in [0.1, 0.15) is 0 Å². The minimum Gasteiger partial charge on any atom is -0.278 e. The summed E-state index contributed by atoms with van der Waals surface area (Å²) in [5, 5.41) is 2.28. The number of hydrogen-bond acceptors (Lipinski definition) is 3. The van der Waals surface area contributed by atoms with Crippen LogP contribution < -0.4 is 0 Å². The van der Waals surface area contributed by atoms with Crippen molar-refractivity contribution in [1.29, 1.82) is 0 Å². The third-order valence-corrected chi connectivity index (χ3v) is 13.8. The van der Waals surface area contributed by atoms with Crippen LogP contribution in [-0.4, -0.2) is 19.5 Å². The number of aromatic nitrogens is 4. The molecular weight excluding hydrogens is 837 g/mol. The molecule has 0 unspecified atom stereocenters. The molecule has 10 aromatic carbocycles. The van der Waals surface area contributed by atoms with Crippen molar-refractivity contribution in [2.24, 2.45) is 0 Å². The zero-order valence-electron chi connectivity index (χ0n) is 37.8. The number of nitrogens with zero attached hydrogens (tertiary/aromatic N) is 4. The molecule has 2 aromatic heterocycles. The average Bonchev–Trinajstić information content (AvgIpc) is 3.78. The highest BCUT2D eigenvalue weighted by atomic mass is 15.2. The average molecular weight is 883 g/mol. The Morgan fingerprint density at radius 3 is 0.768 bits per heavy atom. The van der Waals surface area contributed by atoms with Gasteiger partial charge in [-0.3, -0.25) is 4.57 Å². The number of benzene rings is 10. The van der Waals surface area contributed by atoms with Gasteiger partial charge < -0.3 is 0 Å². The Labute approximate surface area is 402 Å². The normalized spacial score (nSPS) is 11.8. The Morgan fingerprint density at radius 1 is 0.232 bits per heavy atom. The van der Waals surface area contributed by atoms with Gasteiger partial charge in [0.05, 0.1) is 21.9 Å². The second-order valence-electron chi connectivity index (χ2n) is 17.5. The third-order valence-electron chi connectivity index (χ3n) is 13.8. The summed E-state index contributed by atoms with van der Waals surface area (Å²) in [6.07, 6.45) is 0. The molecule has 4 nitrogen and oxygen atoms in total. The zero-order valence-corrected chi connectivity index (χ0v) is 37.8. The molecule has 0 atom stereocenters. The van der Waals surface area contributed by atoms with E-state index in [-0.39, 0.29) is 0 Å². The first-order valence-corrected chi connectivity index (χ1v) is 23.5.